The molecular formula is C22H19ClN4O4. The summed E-state index contributed by atoms with van der Waals surface area (Å²) in [6, 6.07) is 18.3. The summed E-state index contributed by atoms with van der Waals surface area (Å²) < 4.78 is 6.86. The monoisotopic (exact) mass is 438 g/mol. The molecule has 1 fully saturated rings. The van der Waals surface area contributed by atoms with E-state index in [0.717, 1.165) is 0 Å². The van der Waals surface area contributed by atoms with Gasteiger partial charge in [0.1, 0.15) is 6.10 Å². The van der Waals surface area contributed by atoms with Crippen LogP contribution in [-0.2, 0) is 4.74 Å². The van der Waals surface area contributed by atoms with Crippen molar-refractivity contribution >= 4 is 35.1 Å². The quantitative estimate of drug-likeness (QED) is 0.636. The van der Waals surface area contributed by atoms with Crippen LogP contribution in [0.15, 0.2) is 77.7 Å². The van der Waals surface area contributed by atoms with Crippen LogP contribution in [0.25, 0.3) is 5.69 Å². The number of cyclic esters (lactones) is 1. The number of aromatic nitrogens is 1. The second-order valence-corrected chi connectivity index (χ2v) is 7.32. The topological polar surface area (TPSA) is 92.7 Å². The molecule has 158 valence electrons. The minimum absolute atomic E-state index is 0.140. The predicted molar refractivity (Wildman–Crippen MR) is 118 cm³/mol. The van der Waals surface area contributed by atoms with E-state index in [2.05, 4.69) is 10.6 Å². The van der Waals surface area contributed by atoms with Crippen molar-refractivity contribution in [1.82, 2.24) is 9.88 Å². The lowest BCUT2D eigenvalue weighted by atomic mass is 10.2. The first kappa shape index (κ1) is 20.5. The Kier molecular flexibility index (Phi) is 5.90. The van der Waals surface area contributed by atoms with Crippen LogP contribution in [0.1, 0.15) is 0 Å². The van der Waals surface area contributed by atoms with Crippen LogP contribution >= 0.6 is 11.6 Å². The lowest BCUT2D eigenvalue weighted by Gasteiger charge is -2.14. The summed E-state index contributed by atoms with van der Waals surface area (Å²) in [5, 5.41) is 5.95. The fraction of sp³-hybridized carbons (Fsp3) is 0.136. The highest BCUT2D eigenvalue weighted by Gasteiger charge is 2.32. The zero-order valence-electron chi connectivity index (χ0n) is 16.3. The van der Waals surface area contributed by atoms with Gasteiger partial charge < -0.3 is 15.4 Å². The highest BCUT2D eigenvalue weighted by molar-refractivity contribution is 6.30. The molecule has 0 saturated carbocycles. The van der Waals surface area contributed by atoms with Gasteiger partial charge in [-0.1, -0.05) is 17.7 Å². The predicted octanol–water partition coefficient (Wildman–Crippen LogP) is 3.64. The number of pyridine rings is 1. The van der Waals surface area contributed by atoms with Crippen molar-refractivity contribution in [1.29, 1.82) is 0 Å². The molecule has 8 nitrogen and oxygen atoms in total. The van der Waals surface area contributed by atoms with Crippen LogP contribution in [0.2, 0.25) is 5.02 Å². The number of carbonyl (C=O) groups excluding carboxylic acids is 2. The van der Waals surface area contributed by atoms with E-state index in [0.29, 0.717) is 28.6 Å². The third kappa shape index (κ3) is 4.87. The van der Waals surface area contributed by atoms with E-state index in [4.69, 9.17) is 16.3 Å². The summed E-state index contributed by atoms with van der Waals surface area (Å²) in [5.74, 6) is 0. The van der Waals surface area contributed by atoms with Crippen molar-refractivity contribution in [3.63, 3.8) is 0 Å². The number of anilines is 2. The third-order valence-electron chi connectivity index (χ3n) is 4.73. The summed E-state index contributed by atoms with van der Waals surface area (Å²) in [6.07, 6.45) is 0.701. The van der Waals surface area contributed by atoms with Gasteiger partial charge in [0, 0.05) is 34.3 Å². The van der Waals surface area contributed by atoms with E-state index in [-0.39, 0.29) is 12.1 Å². The van der Waals surface area contributed by atoms with Gasteiger partial charge in [0.05, 0.1) is 13.1 Å². The van der Waals surface area contributed by atoms with Gasteiger partial charge in [-0.3, -0.25) is 14.3 Å². The van der Waals surface area contributed by atoms with Gasteiger partial charge in [-0.25, -0.2) is 9.59 Å². The van der Waals surface area contributed by atoms with Crippen molar-refractivity contribution in [3.05, 3.63) is 88.3 Å². The molecule has 2 heterocycles. The second kappa shape index (κ2) is 8.93. The smallest absolute Gasteiger partial charge is 0.414 e. The summed E-state index contributed by atoms with van der Waals surface area (Å²) in [6.45, 7) is 0.462. The first-order valence-corrected chi connectivity index (χ1v) is 9.94. The maximum atomic E-state index is 12.3. The van der Waals surface area contributed by atoms with Crippen molar-refractivity contribution in [2.45, 2.75) is 6.10 Å². The number of nitrogens with zero attached hydrogens (tertiary/aromatic N) is 2. The van der Waals surface area contributed by atoms with Gasteiger partial charge in [0.2, 0.25) is 0 Å². The highest BCUT2D eigenvalue weighted by atomic mass is 35.5. The van der Waals surface area contributed by atoms with Gasteiger partial charge >= 0.3 is 12.1 Å². The Labute approximate surface area is 183 Å². The molecule has 3 amide bonds. The molecule has 4 rings (SSSR count). The Morgan fingerprint density at radius 3 is 2.42 bits per heavy atom. The van der Waals surface area contributed by atoms with Gasteiger partial charge in [0.15, 0.2) is 0 Å². The number of ether oxygens (including phenoxy) is 1. The Bertz CT molecular complexity index is 1150. The molecule has 0 spiro atoms. The second-order valence-electron chi connectivity index (χ2n) is 6.88. The number of urea groups is 1. The van der Waals surface area contributed by atoms with Gasteiger partial charge in [-0.2, -0.15) is 0 Å². The fourth-order valence-corrected chi connectivity index (χ4v) is 3.31. The lowest BCUT2D eigenvalue weighted by Crippen LogP contribution is -2.37. The largest absolute Gasteiger partial charge is 0.442 e. The molecule has 2 N–H and O–H groups in total. The van der Waals surface area contributed by atoms with Crippen molar-refractivity contribution in [2.75, 3.05) is 23.3 Å². The van der Waals surface area contributed by atoms with E-state index in [1.54, 1.807) is 66.9 Å². The standard InChI is InChI=1S/C22H19ClN4O4/c23-15-4-6-16(7-5-15)25-21(29)24-13-19-14-27(22(30)31-19)18-10-8-17(9-11-18)26-12-2-1-3-20(26)28/h1-12,19H,13-14H2,(H2,24,25,29)/t19-/m0/s1. The van der Waals surface area contributed by atoms with Crippen LogP contribution in [-0.4, -0.2) is 35.9 Å². The molecule has 1 atom stereocenters. The highest BCUT2D eigenvalue weighted by Crippen LogP contribution is 2.22. The molecule has 0 radical (unpaired) electrons. The maximum Gasteiger partial charge on any atom is 0.414 e. The Hall–Kier alpha value is -3.78. The number of rotatable bonds is 5. The molecule has 2 aromatic carbocycles. The summed E-state index contributed by atoms with van der Waals surface area (Å²) in [5.41, 5.74) is 1.80. The van der Waals surface area contributed by atoms with Crippen LogP contribution in [0.4, 0.5) is 21.0 Å². The van der Waals surface area contributed by atoms with Crippen molar-refractivity contribution in [3.8, 4) is 5.69 Å². The fourth-order valence-electron chi connectivity index (χ4n) is 3.19. The molecule has 9 heteroatoms. The summed E-state index contributed by atoms with van der Waals surface area (Å²) in [4.78, 5) is 37.8. The summed E-state index contributed by atoms with van der Waals surface area (Å²) in [7, 11) is 0. The number of hydrogen-bond acceptors (Lipinski definition) is 4. The number of hydrogen-bond donors (Lipinski definition) is 2. The number of amides is 3. The van der Waals surface area contributed by atoms with Gasteiger partial charge in [-0.05, 0) is 54.6 Å². The first-order chi connectivity index (χ1) is 15.0. The zero-order chi connectivity index (χ0) is 21.8. The minimum atomic E-state index is -0.491. The van der Waals surface area contributed by atoms with E-state index in [9.17, 15) is 14.4 Å². The molecule has 1 aliphatic rings. The Morgan fingerprint density at radius 1 is 1.00 bits per heavy atom. The SMILES string of the molecule is O=C(NC[C@H]1CN(c2ccc(-n3ccccc3=O)cc2)C(=O)O1)Nc1ccc(Cl)cc1. The number of benzene rings is 2. The number of halogens is 1. The lowest BCUT2D eigenvalue weighted by molar-refractivity contribution is 0.141. The maximum absolute atomic E-state index is 12.3. The van der Waals surface area contributed by atoms with E-state index < -0.39 is 18.2 Å². The molecule has 0 aliphatic carbocycles. The minimum Gasteiger partial charge on any atom is -0.442 e. The average molecular weight is 439 g/mol. The van der Waals surface area contributed by atoms with Gasteiger partial charge in [-0.15, -0.1) is 0 Å². The molecule has 1 aromatic heterocycles. The van der Waals surface area contributed by atoms with Gasteiger partial charge in [0.25, 0.3) is 5.56 Å². The van der Waals surface area contributed by atoms with Crippen LogP contribution in [0, 0.1) is 0 Å². The van der Waals surface area contributed by atoms with Crippen LogP contribution in [0.5, 0.6) is 0 Å². The van der Waals surface area contributed by atoms with Crippen LogP contribution in [0.3, 0.4) is 0 Å². The Morgan fingerprint density at radius 2 is 1.71 bits per heavy atom. The van der Waals surface area contributed by atoms with E-state index in [1.165, 1.54) is 15.5 Å². The van der Waals surface area contributed by atoms with E-state index >= 15 is 0 Å². The molecule has 3 aromatic rings. The zero-order valence-corrected chi connectivity index (χ0v) is 17.1. The van der Waals surface area contributed by atoms with Crippen molar-refractivity contribution in [2.24, 2.45) is 0 Å². The normalized spacial score (nSPS) is 15.5. The van der Waals surface area contributed by atoms with E-state index in [1.807, 2.05) is 0 Å². The summed E-state index contributed by atoms with van der Waals surface area (Å²) >= 11 is 5.82. The molecule has 0 unspecified atom stereocenters. The molecular weight excluding hydrogens is 420 g/mol. The van der Waals surface area contributed by atoms with Crippen molar-refractivity contribution < 1.29 is 14.3 Å². The van der Waals surface area contributed by atoms with Crippen LogP contribution < -0.4 is 21.1 Å². The third-order valence-corrected chi connectivity index (χ3v) is 4.98. The molecule has 1 saturated heterocycles. The number of carbonyl (C=O) groups is 2. The average Bonchev–Trinajstić information content (AvgIpc) is 3.15. The number of nitrogens with one attached hydrogen (secondary N) is 2. The molecule has 31 heavy (non-hydrogen) atoms. The molecule has 0 bridgehead atoms. The molecule has 1 aliphatic heterocycles. The first-order valence-electron chi connectivity index (χ1n) is 9.56. The Balaban J connectivity index is 1.34.